The summed E-state index contributed by atoms with van der Waals surface area (Å²) >= 11 is 0. The molecular formula is C58H66N2. The van der Waals surface area contributed by atoms with Crippen LogP contribution < -0.4 is 9.80 Å². The third kappa shape index (κ3) is 9.55. The molecule has 2 nitrogen and oxygen atoms in total. The zero-order valence-corrected chi connectivity index (χ0v) is 37.5. The molecule has 1 aliphatic carbocycles. The van der Waals surface area contributed by atoms with Crippen LogP contribution in [0, 0.1) is 0 Å². The number of hydrogen-bond donors (Lipinski definition) is 0. The highest BCUT2D eigenvalue weighted by Gasteiger charge is 2.38. The van der Waals surface area contributed by atoms with Gasteiger partial charge in [0, 0.05) is 28.4 Å². The molecule has 0 saturated heterocycles. The van der Waals surface area contributed by atoms with Gasteiger partial charge < -0.3 is 9.80 Å². The van der Waals surface area contributed by atoms with Crippen molar-refractivity contribution in [2.75, 3.05) is 9.80 Å². The Morgan fingerprint density at radius 3 is 1.32 bits per heavy atom. The molecule has 0 aliphatic heterocycles. The normalized spacial score (nSPS) is 15.4. The van der Waals surface area contributed by atoms with E-state index in [1.807, 2.05) is 0 Å². The van der Waals surface area contributed by atoms with Crippen LogP contribution in [0.15, 0.2) is 170 Å². The summed E-state index contributed by atoms with van der Waals surface area (Å²) in [5.41, 5.74) is 14.8. The largest absolute Gasteiger partial charge is 0.327 e. The van der Waals surface area contributed by atoms with Gasteiger partial charge in [-0.3, -0.25) is 0 Å². The van der Waals surface area contributed by atoms with Gasteiger partial charge in [-0.1, -0.05) is 177 Å². The van der Waals surface area contributed by atoms with Gasteiger partial charge in [0.2, 0.25) is 0 Å². The molecule has 0 aromatic heterocycles. The van der Waals surface area contributed by atoms with E-state index in [4.69, 9.17) is 0 Å². The van der Waals surface area contributed by atoms with Crippen molar-refractivity contribution in [2.24, 2.45) is 0 Å². The third-order valence-electron chi connectivity index (χ3n) is 12.3. The Hall–Kier alpha value is -5.60. The Kier molecular flexibility index (Phi) is 13.0. The van der Waals surface area contributed by atoms with E-state index in [0.29, 0.717) is 0 Å². The number of anilines is 5. The molecule has 2 heteroatoms. The first-order valence-electron chi connectivity index (χ1n) is 22.4. The number of hydrogen-bond acceptors (Lipinski definition) is 2. The first-order chi connectivity index (χ1) is 28.9. The number of allylic oxidation sites excluding steroid dienone is 2. The first kappa shape index (κ1) is 42.5. The molecule has 0 spiro atoms. The first-order valence-corrected chi connectivity index (χ1v) is 22.4. The van der Waals surface area contributed by atoms with Gasteiger partial charge in [0.1, 0.15) is 0 Å². The summed E-state index contributed by atoms with van der Waals surface area (Å²) in [6, 6.07) is 57.1. The van der Waals surface area contributed by atoms with E-state index in [9.17, 15) is 0 Å². The molecule has 1 aliphatic rings. The minimum absolute atomic E-state index is 0.0755. The van der Waals surface area contributed by atoms with Gasteiger partial charge in [-0.15, -0.1) is 0 Å². The lowest BCUT2D eigenvalue weighted by atomic mass is 9.78. The topological polar surface area (TPSA) is 6.48 Å². The highest BCUT2D eigenvalue weighted by atomic mass is 15.2. The van der Waals surface area contributed by atoms with Crippen LogP contribution in [0.25, 0.3) is 5.57 Å². The van der Waals surface area contributed by atoms with Gasteiger partial charge in [0.25, 0.3) is 0 Å². The van der Waals surface area contributed by atoms with Crippen LogP contribution in [0.1, 0.15) is 121 Å². The number of rotatable bonds is 14. The van der Waals surface area contributed by atoms with Crippen LogP contribution in [-0.4, -0.2) is 0 Å². The maximum Gasteiger partial charge on any atom is 0.0923 e. The quantitative estimate of drug-likeness (QED) is 0.108. The van der Waals surface area contributed by atoms with Crippen LogP contribution in [-0.2, 0) is 29.2 Å². The average Bonchev–Trinajstić information content (AvgIpc) is 3.26. The second-order valence-electron chi connectivity index (χ2n) is 18.8. The molecule has 1 atom stereocenters. The minimum Gasteiger partial charge on any atom is -0.327 e. The average molecular weight is 791 g/mol. The second-order valence-corrected chi connectivity index (χ2v) is 18.8. The fourth-order valence-corrected chi connectivity index (χ4v) is 8.55. The lowest BCUT2D eigenvalue weighted by molar-refractivity contribution is 0.547. The van der Waals surface area contributed by atoms with Crippen LogP contribution in [0.2, 0.25) is 0 Å². The number of nitrogens with zero attached hydrogens (tertiary/aromatic N) is 2. The van der Waals surface area contributed by atoms with Crippen molar-refractivity contribution in [3.63, 3.8) is 0 Å². The van der Waals surface area contributed by atoms with Gasteiger partial charge in [-0.25, -0.2) is 0 Å². The molecule has 1 unspecified atom stereocenters. The number of aryl methyl sites for hydroxylation is 2. The molecule has 6 aromatic carbocycles. The molecule has 0 heterocycles. The van der Waals surface area contributed by atoms with E-state index in [-0.39, 0.29) is 10.8 Å². The lowest BCUT2D eigenvalue weighted by Gasteiger charge is -2.45. The van der Waals surface area contributed by atoms with E-state index in [1.54, 1.807) is 0 Å². The molecule has 0 bridgehead atoms. The molecular weight excluding hydrogens is 725 g/mol. The summed E-state index contributed by atoms with van der Waals surface area (Å²) in [4.78, 5) is 4.96. The Morgan fingerprint density at radius 2 is 0.900 bits per heavy atom. The maximum atomic E-state index is 2.57. The summed E-state index contributed by atoms with van der Waals surface area (Å²) in [5.74, 6) is 0. The predicted octanol–water partition coefficient (Wildman–Crippen LogP) is 16.5. The molecule has 6 aromatic rings. The molecule has 60 heavy (non-hydrogen) atoms. The Balaban J connectivity index is 1.25. The smallest absolute Gasteiger partial charge is 0.0923 e. The van der Waals surface area contributed by atoms with Gasteiger partial charge in [0.05, 0.1) is 5.54 Å². The van der Waals surface area contributed by atoms with Gasteiger partial charge in [-0.2, -0.15) is 0 Å². The summed E-state index contributed by atoms with van der Waals surface area (Å²) in [5, 5.41) is 0. The van der Waals surface area contributed by atoms with E-state index in [2.05, 4.69) is 235 Å². The van der Waals surface area contributed by atoms with E-state index in [1.165, 1.54) is 81.7 Å². The number of unbranched alkanes of at least 4 members (excludes halogenated alkanes) is 2. The summed E-state index contributed by atoms with van der Waals surface area (Å²) in [7, 11) is 0. The highest BCUT2D eigenvalue weighted by molar-refractivity contribution is 5.82. The summed E-state index contributed by atoms with van der Waals surface area (Å²) in [6.07, 6.45) is 15.1. The van der Waals surface area contributed by atoms with Crippen LogP contribution in [0.3, 0.4) is 0 Å². The summed E-state index contributed by atoms with van der Waals surface area (Å²) in [6.45, 7) is 18.2. The standard InChI is InChI=1S/C58H66N2/c1-9-11-16-44-20-30-51(31-21-44)59(53-36-26-48(27-37-53)56(3,4)5)52-34-24-46(25-35-52)47-40-42-58(43-41-47,50-18-14-13-15-19-50)60(54-32-22-45(23-33-54)17-12-10-2)55-38-28-49(29-39-55)57(6,7)8/h13-15,18-42H,9-12,16-17,43H2,1-8H3. The molecule has 308 valence electrons. The SMILES string of the molecule is CCCCc1ccc(N(c2ccc(C3=CCC(c4ccccc4)(N(c4ccc(CCCC)cc4)c4ccc(C(C)(C)C)cc4)C=C3)cc2)c2ccc(C(C)(C)C)cc2)cc1. The van der Waals surface area contributed by atoms with Crippen molar-refractivity contribution >= 4 is 34.0 Å². The Morgan fingerprint density at radius 1 is 0.483 bits per heavy atom. The van der Waals surface area contributed by atoms with Gasteiger partial charge >= 0.3 is 0 Å². The van der Waals surface area contributed by atoms with Crippen molar-refractivity contribution in [3.05, 3.63) is 203 Å². The molecule has 7 rings (SSSR count). The van der Waals surface area contributed by atoms with Crippen molar-refractivity contribution in [2.45, 2.75) is 117 Å². The fraction of sp³-hybridized carbons (Fsp3) is 0.310. The van der Waals surface area contributed by atoms with Crippen molar-refractivity contribution in [3.8, 4) is 0 Å². The van der Waals surface area contributed by atoms with Gasteiger partial charge in [-0.05, 0) is 143 Å². The predicted molar refractivity (Wildman–Crippen MR) is 261 cm³/mol. The maximum absolute atomic E-state index is 2.57. The second kappa shape index (κ2) is 18.3. The van der Waals surface area contributed by atoms with Crippen LogP contribution in [0.5, 0.6) is 0 Å². The van der Waals surface area contributed by atoms with Crippen molar-refractivity contribution < 1.29 is 0 Å². The van der Waals surface area contributed by atoms with Crippen molar-refractivity contribution in [1.29, 1.82) is 0 Å². The van der Waals surface area contributed by atoms with Crippen molar-refractivity contribution in [1.82, 2.24) is 0 Å². The Labute approximate surface area is 362 Å². The monoisotopic (exact) mass is 791 g/mol. The molecule has 0 N–H and O–H groups in total. The van der Waals surface area contributed by atoms with Gasteiger partial charge in [0.15, 0.2) is 0 Å². The zero-order valence-electron chi connectivity index (χ0n) is 37.5. The van der Waals surface area contributed by atoms with Crippen LogP contribution in [0.4, 0.5) is 28.4 Å². The fourth-order valence-electron chi connectivity index (χ4n) is 8.55. The third-order valence-corrected chi connectivity index (χ3v) is 12.3. The molecule has 0 fully saturated rings. The highest BCUT2D eigenvalue weighted by Crippen LogP contribution is 2.47. The Bertz CT molecular complexity index is 2330. The van der Waals surface area contributed by atoms with Crippen LogP contribution >= 0.6 is 0 Å². The number of benzene rings is 6. The minimum atomic E-state index is -0.432. The van der Waals surface area contributed by atoms with E-state index < -0.39 is 5.54 Å². The molecule has 0 radical (unpaired) electrons. The molecule has 0 amide bonds. The van der Waals surface area contributed by atoms with E-state index in [0.717, 1.165) is 30.6 Å². The van der Waals surface area contributed by atoms with E-state index >= 15 is 0 Å². The summed E-state index contributed by atoms with van der Waals surface area (Å²) < 4.78 is 0. The molecule has 0 saturated carbocycles. The lowest BCUT2D eigenvalue weighted by Crippen LogP contribution is -2.42. The zero-order chi connectivity index (χ0) is 42.3.